The zero-order valence-electron chi connectivity index (χ0n) is 12.2. The van der Waals surface area contributed by atoms with Crippen molar-refractivity contribution in [2.75, 3.05) is 26.7 Å². The molecule has 1 aromatic heterocycles. The number of quaternary nitrogens is 1. The molecule has 0 bridgehead atoms. The van der Waals surface area contributed by atoms with Crippen LogP contribution in [0.25, 0.3) is 0 Å². The van der Waals surface area contributed by atoms with Crippen molar-refractivity contribution in [2.45, 2.75) is 25.5 Å². The molecule has 21 heavy (non-hydrogen) atoms. The minimum Gasteiger partial charge on any atom is -0.372 e. The lowest BCUT2D eigenvalue weighted by molar-refractivity contribution is -0.908. The van der Waals surface area contributed by atoms with Gasteiger partial charge in [0.2, 0.25) is 0 Å². The molecule has 1 unspecified atom stereocenters. The minimum atomic E-state index is -0.465. The third-order valence-electron chi connectivity index (χ3n) is 3.44. The molecule has 0 saturated carbocycles. The standard InChI is InChI=1S/C14H21N3O3S/c1-15-14(19)16-13(18)10-17(8-11-4-2-6-20-11)9-12-5-3-7-21-12/h3,5,7,11H,2,4,6,8-10H2,1H3,(H2,15,16,18,19)/p+1/t11-/m1/s1. The fourth-order valence-electron chi connectivity index (χ4n) is 2.45. The number of urea groups is 1. The van der Waals surface area contributed by atoms with Gasteiger partial charge in [0.25, 0.3) is 5.91 Å². The van der Waals surface area contributed by atoms with Crippen molar-refractivity contribution in [1.29, 1.82) is 0 Å². The molecule has 1 aliphatic rings. The van der Waals surface area contributed by atoms with Gasteiger partial charge in [0.15, 0.2) is 6.54 Å². The number of rotatable bonds is 6. The highest BCUT2D eigenvalue weighted by Crippen LogP contribution is 2.10. The molecule has 7 heteroatoms. The normalized spacial score (nSPS) is 19.2. The number of carbonyl (C=O) groups excluding carboxylic acids is 2. The number of imide groups is 1. The third kappa shape index (κ3) is 5.45. The van der Waals surface area contributed by atoms with Crippen molar-refractivity contribution >= 4 is 23.3 Å². The molecule has 1 aliphatic heterocycles. The summed E-state index contributed by atoms with van der Waals surface area (Å²) < 4.78 is 5.66. The Kier molecular flexibility index (Phi) is 6.16. The second-order valence-corrected chi connectivity index (χ2v) is 6.18. The summed E-state index contributed by atoms with van der Waals surface area (Å²) in [5, 5.41) is 6.73. The first-order valence-corrected chi connectivity index (χ1v) is 8.04. The number of hydrogen-bond acceptors (Lipinski definition) is 4. The van der Waals surface area contributed by atoms with Gasteiger partial charge in [-0.1, -0.05) is 6.07 Å². The van der Waals surface area contributed by atoms with Crippen LogP contribution >= 0.6 is 11.3 Å². The summed E-state index contributed by atoms with van der Waals surface area (Å²) in [6.07, 6.45) is 2.35. The van der Waals surface area contributed by atoms with Gasteiger partial charge in [-0.2, -0.15) is 0 Å². The molecule has 1 saturated heterocycles. The van der Waals surface area contributed by atoms with E-state index in [0.29, 0.717) is 0 Å². The molecule has 2 rings (SSSR count). The summed E-state index contributed by atoms with van der Waals surface area (Å²) in [7, 11) is 1.49. The van der Waals surface area contributed by atoms with E-state index in [2.05, 4.69) is 16.7 Å². The minimum absolute atomic E-state index is 0.216. The van der Waals surface area contributed by atoms with Gasteiger partial charge < -0.3 is 15.0 Å². The van der Waals surface area contributed by atoms with Gasteiger partial charge in [-0.3, -0.25) is 10.1 Å². The Balaban J connectivity index is 1.90. The Morgan fingerprint density at radius 1 is 1.52 bits per heavy atom. The third-order valence-corrected chi connectivity index (χ3v) is 4.31. The number of carbonyl (C=O) groups is 2. The molecule has 3 N–H and O–H groups in total. The van der Waals surface area contributed by atoms with Crippen LogP contribution in [0, 0.1) is 0 Å². The second kappa shape index (κ2) is 8.11. The first-order chi connectivity index (χ1) is 10.2. The van der Waals surface area contributed by atoms with Crippen molar-refractivity contribution in [3.8, 4) is 0 Å². The van der Waals surface area contributed by atoms with Gasteiger partial charge in [0.1, 0.15) is 19.2 Å². The highest BCUT2D eigenvalue weighted by atomic mass is 32.1. The molecule has 2 heterocycles. The van der Waals surface area contributed by atoms with Crippen molar-refractivity contribution in [1.82, 2.24) is 10.6 Å². The van der Waals surface area contributed by atoms with Gasteiger partial charge in [0.05, 0.1) is 4.88 Å². The Morgan fingerprint density at radius 3 is 3.00 bits per heavy atom. The van der Waals surface area contributed by atoms with Crippen molar-refractivity contribution in [3.05, 3.63) is 22.4 Å². The molecule has 0 aromatic carbocycles. The highest BCUT2D eigenvalue weighted by molar-refractivity contribution is 7.09. The quantitative estimate of drug-likeness (QED) is 0.679. The molecule has 0 radical (unpaired) electrons. The van der Waals surface area contributed by atoms with Gasteiger partial charge in [-0.05, 0) is 24.3 Å². The molecule has 1 fully saturated rings. The molecule has 6 nitrogen and oxygen atoms in total. The predicted molar refractivity (Wildman–Crippen MR) is 80.3 cm³/mol. The van der Waals surface area contributed by atoms with Gasteiger partial charge in [0, 0.05) is 13.7 Å². The summed E-state index contributed by atoms with van der Waals surface area (Å²) in [5.74, 6) is -0.265. The van der Waals surface area contributed by atoms with E-state index in [-0.39, 0.29) is 18.6 Å². The van der Waals surface area contributed by atoms with Crippen LogP contribution in [0.3, 0.4) is 0 Å². The van der Waals surface area contributed by atoms with Crippen molar-refractivity contribution in [3.63, 3.8) is 0 Å². The Morgan fingerprint density at radius 2 is 2.38 bits per heavy atom. The lowest BCUT2D eigenvalue weighted by Gasteiger charge is -2.21. The molecule has 3 amide bonds. The van der Waals surface area contributed by atoms with Crippen LogP contribution in [-0.4, -0.2) is 44.8 Å². The Bertz CT molecular complexity index is 458. The maximum atomic E-state index is 11.9. The first-order valence-electron chi connectivity index (χ1n) is 7.16. The number of amides is 3. The fourth-order valence-corrected chi connectivity index (χ4v) is 3.23. The smallest absolute Gasteiger partial charge is 0.321 e. The van der Waals surface area contributed by atoms with E-state index in [9.17, 15) is 9.59 Å². The average molecular weight is 312 g/mol. The summed E-state index contributed by atoms with van der Waals surface area (Å²) >= 11 is 1.68. The van der Waals surface area contributed by atoms with E-state index in [4.69, 9.17) is 4.74 Å². The van der Waals surface area contributed by atoms with E-state index in [1.807, 2.05) is 11.4 Å². The van der Waals surface area contributed by atoms with Crippen molar-refractivity contribution in [2.24, 2.45) is 0 Å². The van der Waals surface area contributed by atoms with E-state index >= 15 is 0 Å². The van der Waals surface area contributed by atoms with Crippen LogP contribution in [0.15, 0.2) is 17.5 Å². The summed E-state index contributed by atoms with van der Waals surface area (Å²) in [6, 6.07) is 3.61. The largest absolute Gasteiger partial charge is 0.372 e. The van der Waals surface area contributed by atoms with Crippen molar-refractivity contribution < 1.29 is 19.2 Å². The summed E-state index contributed by atoms with van der Waals surface area (Å²) in [4.78, 5) is 25.4. The lowest BCUT2D eigenvalue weighted by atomic mass is 10.2. The summed E-state index contributed by atoms with van der Waals surface area (Å²) in [6.45, 7) is 2.64. The fraction of sp³-hybridized carbons (Fsp3) is 0.571. The molecule has 2 atom stereocenters. The lowest BCUT2D eigenvalue weighted by Crippen LogP contribution is -3.13. The summed E-state index contributed by atoms with van der Waals surface area (Å²) in [5.41, 5.74) is 0. The topological polar surface area (TPSA) is 71.9 Å². The van der Waals surface area contributed by atoms with Gasteiger partial charge in [-0.15, -0.1) is 11.3 Å². The zero-order valence-corrected chi connectivity index (χ0v) is 13.0. The second-order valence-electron chi connectivity index (χ2n) is 5.15. The molecule has 1 aromatic rings. The SMILES string of the molecule is CNC(=O)NC(=O)C[NH+](Cc1cccs1)C[C@H]1CCCO1. The Hall–Kier alpha value is -1.44. The van der Waals surface area contributed by atoms with E-state index in [1.54, 1.807) is 11.3 Å². The number of ether oxygens (including phenoxy) is 1. The van der Waals surface area contributed by atoms with E-state index in [1.165, 1.54) is 11.9 Å². The van der Waals surface area contributed by atoms with Crippen LogP contribution < -0.4 is 15.5 Å². The molecule has 0 spiro atoms. The van der Waals surface area contributed by atoms with Gasteiger partial charge >= 0.3 is 6.03 Å². The van der Waals surface area contributed by atoms with Crippen LogP contribution in [0.5, 0.6) is 0 Å². The molecular formula is C14H22N3O3S+. The zero-order chi connectivity index (χ0) is 15.1. The maximum Gasteiger partial charge on any atom is 0.321 e. The maximum absolute atomic E-state index is 11.9. The molecular weight excluding hydrogens is 290 g/mol. The number of thiophene rings is 1. The monoisotopic (exact) mass is 312 g/mol. The van der Waals surface area contributed by atoms with Crippen LogP contribution in [0.1, 0.15) is 17.7 Å². The predicted octanol–water partition coefficient (Wildman–Crippen LogP) is -0.232. The van der Waals surface area contributed by atoms with E-state index in [0.717, 1.165) is 37.4 Å². The molecule has 0 aliphatic carbocycles. The average Bonchev–Trinajstić information content (AvgIpc) is 3.11. The molecule has 116 valence electrons. The van der Waals surface area contributed by atoms with Gasteiger partial charge in [-0.25, -0.2) is 4.79 Å². The first kappa shape index (κ1) is 15.9. The van der Waals surface area contributed by atoms with Crippen LogP contribution in [0.2, 0.25) is 0 Å². The number of hydrogen-bond donors (Lipinski definition) is 3. The van der Waals surface area contributed by atoms with Crippen LogP contribution in [-0.2, 0) is 16.1 Å². The van der Waals surface area contributed by atoms with E-state index < -0.39 is 6.03 Å². The van der Waals surface area contributed by atoms with Crippen LogP contribution in [0.4, 0.5) is 4.79 Å². The Labute approximate surface area is 128 Å². The number of nitrogens with one attached hydrogen (secondary N) is 3. The highest BCUT2D eigenvalue weighted by Gasteiger charge is 2.24.